The van der Waals surface area contributed by atoms with Crippen LogP contribution in [-0.4, -0.2) is 33.0 Å². The van der Waals surface area contributed by atoms with Gasteiger partial charge in [0.1, 0.15) is 23.3 Å². The molecule has 7 heteroatoms. The van der Waals surface area contributed by atoms with Gasteiger partial charge in [0, 0.05) is 5.56 Å². The fourth-order valence-electron chi connectivity index (χ4n) is 2.36. The van der Waals surface area contributed by atoms with E-state index in [9.17, 15) is 9.90 Å². The predicted octanol–water partition coefficient (Wildman–Crippen LogP) is 1.58. The Labute approximate surface area is 120 Å². The number of fused-ring (bicyclic) bond motifs is 1. The maximum absolute atomic E-state index is 11.3. The van der Waals surface area contributed by atoms with E-state index in [4.69, 9.17) is 4.74 Å². The van der Waals surface area contributed by atoms with E-state index < -0.39 is 5.97 Å². The number of hydrogen-bond donors (Lipinski definition) is 2. The Morgan fingerprint density at radius 2 is 2.19 bits per heavy atom. The van der Waals surface area contributed by atoms with Crippen LogP contribution in [0.4, 0.5) is 5.95 Å². The minimum atomic E-state index is -1.04. The molecule has 0 bridgehead atoms. The second-order valence-corrected chi connectivity index (χ2v) is 4.62. The summed E-state index contributed by atoms with van der Waals surface area (Å²) in [6, 6.07) is 7.06. The minimum absolute atomic E-state index is 0.0748. The number of hydrogen-bond acceptors (Lipinski definition) is 5. The summed E-state index contributed by atoms with van der Waals surface area (Å²) in [7, 11) is 1.58. The molecule has 1 aliphatic rings. The maximum Gasteiger partial charge on any atom is 0.352 e. The van der Waals surface area contributed by atoms with Crippen molar-refractivity contribution in [3.63, 3.8) is 0 Å². The van der Waals surface area contributed by atoms with Gasteiger partial charge in [-0.05, 0) is 19.1 Å². The number of carboxylic acid groups (broad SMARTS) is 1. The number of benzene rings is 1. The topological polar surface area (TPSA) is 89.3 Å². The number of nitrogens with one attached hydrogen (secondary N) is 1. The quantitative estimate of drug-likeness (QED) is 0.890. The van der Waals surface area contributed by atoms with Crippen LogP contribution >= 0.6 is 0 Å². The van der Waals surface area contributed by atoms with Crippen LogP contribution in [-0.2, 0) is 4.79 Å². The standard InChI is InChI=1S/C14H14N4O3/c1-8-15-14-16-10(13(19)20)7-11(18(14)17-8)9-5-3-4-6-12(9)21-2/h3-7,11H,1-2H3,(H,19,20)(H,15,16,17)/t11-/m0/s1. The molecule has 2 N–H and O–H groups in total. The van der Waals surface area contributed by atoms with Crippen LogP contribution in [0, 0.1) is 6.92 Å². The zero-order valence-corrected chi connectivity index (χ0v) is 11.6. The fraction of sp³-hybridized carbons (Fsp3) is 0.214. The first kappa shape index (κ1) is 13.2. The van der Waals surface area contributed by atoms with Gasteiger partial charge in [0.05, 0.1) is 7.11 Å². The first-order valence-corrected chi connectivity index (χ1v) is 6.38. The van der Waals surface area contributed by atoms with Crippen LogP contribution in [0.25, 0.3) is 0 Å². The molecule has 0 amide bonds. The number of carboxylic acids is 1. The van der Waals surface area contributed by atoms with Crippen molar-refractivity contribution in [2.45, 2.75) is 13.0 Å². The molecule has 1 atom stereocenters. The molecule has 0 saturated heterocycles. The second kappa shape index (κ2) is 4.93. The lowest BCUT2D eigenvalue weighted by atomic mass is 10.0. The molecule has 3 rings (SSSR count). The number of para-hydroxylation sites is 1. The SMILES string of the molecule is COc1ccccc1[C@@H]1C=C(C(=O)O)Nc2nc(C)nn21. The number of carbonyl (C=O) groups is 1. The van der Waals surface area contributed by atoms with E-state index >= 15 is 0 Å². The van der Waals surface area contributed by atoms with E-state index in [0.29, 0.717) is 17.5 Å². The number of allylic oxidation sites excluding steroid dienone is 1. The third-order valence-electron chi connectivity index (χ3n) is 3.26. The van der Waals surface area contributed by atoms with Crippen LogP contribution in [0.2, 0.25) is 0 Å². The number of ether oxygens (including phenoxy) is 1. The van der Waals surface area contributed by atoms with Gasteiger partial charge in [-0.25, -0.2) is 9.48 Å². The number of aliphatic carboxylic acids is 1. The van der Waals surface area contributed by atoms with Crippen LogP contribution in [0.1, 0.15) is 17.4 Å². The lowest BCUT2D eigenvalue weighted by Gasteiger charge is -2.23. The average molecular weight is 286 g/mol. The lowest BCUT2D eigenvalue weighted by Crippen LogP contribution is -2.24. The van der Waals surface area contributed by atoms with Gasteiger partial charge >= 0.3 is 5.97 Å². The van der Waals surface area contributed by atoms with Crippen LogP contribution in [0.5, 0.6) is 5.75 Å². The molecule has 0 radical (unpaired) electrons. The van der Waals surface area contributed by atoms with Gasteiger partial charge in [0.25, 0.3) is 0 Å². The molecule has 1 aliphatic heterocycles. The van der Waals surface area contributed by atoms with E-state index in [1.807, 2.05) is 24.3 Å². The molecule has 0 unspecified atom stereocenters. The molecule has 2 aromatic rings. The Morgan fingerprint density at radius 1 is 1.43 bits per heavy atom. The second-order valence-electron chi connectivity index (χ2n) is 4.62. The molecule has 0 saturated carbocycles. The average Bonchev–Trinajstić information content (AvgIpc) is 2.86. The summed E-state index contributed by atoms with van der Waals surface area (Å²) >= 11 is 0. The smallest absolute Gasteiger partial charge is 0.352 e. The summed E-state index contributed by atoms with van der Waals surface area (Å²) in [5, 5.41) is 16.3. The van der Waals surface area contributed by atoms with Crippen molar-refractivity contribution in [1.82, 2.24) is 14.8 Å². The Kier molecular flexibility index (Phi) is 3.09. The summed E-state index contributed by atoms with van der Waals surface area (Å²) in [6.07, 6.45) is 1.60. The van der Waals surface area contributed by atoms with Crippen molar-refractivity contribution in [2.75, 3.05) is 12.4 Å². The summed E-state index contributed by atoms with van der Waals surface area (Å²) in [5.74, 6) is 0.604. The summed E-state index contributed by atoms with van der Waals surface area (Å²) in [5.41, 5.74) is 0.900. The van der Waals surface area contributed by atoms with Gasteiger partial charge < -0.3 is 15.2 Å². The lowest BCUT2D eigenvalue weighted by molar-refractivity contribution is -0.132. The Balaban J connectivity index is 2.17. The number of anilines is 1. The Morgan fingerprint density at radius 3 is 2.90 bits per heavy atom. The molecular weight excluding hydrogens is 272 g/mol. The zero-order valence-electron chi connectivity index (χ0n) is 11.6. The normalized spacial score (nSPS) is 16.7. The Bertz CT molecular complexity index is 736. The number of nitrogens with zero attached hydrogens (tertiary/aromatic N) is 3. The van der Waals surface area contributed by atoms with Crippen molar-refractivity contribution in [2.24, 2.45) is 0 Å². The van der Waals surface area contributed by atoms with Gasteiger partial charge in [0.2, 0.25) is 5.95 Å². The number of aryl methyl sites for hydroxylation is 1. The molecule has 2 heterocycles. The molecule has 1 aromatic heterocycles. The van der Waals surface area contributed by atoms with Crippen molar-refractivity contribution >= 4 is 11.9 Å². The highest BCUT2D eigenvalue weighted by atomic mass is 16.5. The summed E-state index contributed by atoms with van der Waals surface area (Å²) < 4.78 is 7.01. The van der Waals surface area contributed by atoms with Gasteiger partial charge in [-0.15, -0.1) is 0 Å². The van der Waals surface area contributed by atoms with Crippen molar-refractivity contribution in [3.8, 4) is 5.75 Å². The Hall–Kier alpha value is -2.83. The van der Waals surface area contributed by atoms with Gasteiger partial charge in [0.15, 0.2) is 0 Å². The first-order valence-electron chi connectivity index (χ1n) is 6.38. The van der Waals surface area contributed by atoms with Gasteiger partial charge in [-0.2, -0.15) is 10.1 Å². The molecule has 7 nitrogen and oxygen atoms in total. The number of methoxy groups -OCH3 is 1. The molecule has 0 fully saturated rings. The van der Waals surface area contributed by atoms with Crippen molar-refractivity contribution in [1.29, 1.82) is 0 Å². The number of rotatable bonds is 3. The van der Waals surface area contributed by atoms with E-state index in [2.05, 4.69) is 15.4 Å². The zero-order chi connectivity index (χ0) is 15.0. The molecule has 0 spiro atoms. The molecular formula is C14H14N4O3. The van der Waals surface area contributed by atoms with Gasteiger partial charge in [-0.3, -0.25) is 0 Å². The summed E-state index contributed by atoms with van der Waals surface area (Å²) in [4.78, 5) is 15.5. The highest BCUT2D eigenvalue weighted by Gasteiger charge is 2.28. The van der Waals surface area contributed by atoms with Crippen LogP contribution in [0.15, 0.2) is 36.0 Å². The monoisotopic (exact) mass is 286 g/mol. The highest BCUT2D eigenvalue weighted by Crippen LogP contribution is 2.33. The molecule has 1 aromatic carbocycles. The van der Waals surface area contributed by atoms with E-state index in [1.54, 1.807) is 24.8 Å². The van der Waals surface area contributed by atoms with Crippen molar-refractivity contribution in [3.05, 3.63) is 47.4 Å². The largest absolute Gasteiger partial charge is 0.496 e. The fourth-order valence-corrected chi connectivity index (χ4v) is 2.36. The van der Waals surface area contributed by atoms with E-state index in [0.717, 1.165) is 5.56 Å². The molecule has 0 aliphatic carbocycles. The third kappa shape index (κ3) is 2.22. The van der Waals surface area contributed by atoms with Crippen LogP contribution < -0.4 is 10.1 Å². The molecule has 21 heavy (non-hydrogen) atoms. The predicted molar refractivity (Wildman–Crippen MR) is 75.2 cm³/mol. The maximum atomic E-state index is 11.3. The van der Waals surface area contributed by atoms with E-state index in [-0.39, 0.29) is 11.7 Å². The summed E-state index contributed by atoms with van der Waals surface area (Å²) in [6.45, 7) is 1.76. The third-order valence-corrected chi connectivity index (χ3v) is 3.26. The van der Waals surface area contributed by atoms with Crippen LogP contribution in [0.3, 0.4) is 0 Å². The van der Waals surface area contributed by atoms with E-state index in [1.165, 1.54) is 0 Å². The highest BCUT2D eigenvalue weighted by molar-refractivity contribution is 5.90. The molecule has 108 valence electrons. The van der Waals surface area contributed by atoms with Crippen molar-refractivity contribution < 1.29 is 14.6 Å². The first-order chi connectivity index (χ1) is 10.1. The minimum Gasteiger partial charge on any atom is -0.496 e. The van der Waals surface area contributed by atoms with Gasteiger partial charge in [-0.1, -0.05) is 18.2 Å². The number of aromatic nitrogens is 3.